The zero-order valence-corrected chi connectivity index (χ0v) is 13.8. The summed E-state index contributed by atoms with van der Waals surface area (Å²) in [5, 5.41) is 5.54. The molecule has 1 aliphatic rings. The largest absolute Gasteiger partial charge is 0.360 e. The van der Waals surface area contributed by atoms with Crippen LogP contribution in [0.3, 0.4) is 0 Å². The Bertz CT molecular complexity index is 905. The second kappa shape index (κ2) is 5.20. The summed E-state index contributed by atoms with van der Waals surface area (Å²) in [5.74, 6) is 1.39. The summed E-state index contributed by atoms with van der Waals surface area (Å²) >= 11 is 6.36. The minimum atomic E-state index is 0.249. The summed E-state index contributed by atoms with van der Waals surface area (Å²) in [7, 11) is 0. The van der Waals surface area contributed by atoms with E-state index in [4.69, 9.17) is 16.1 Å². The Morgan fingerprint density at radius 2 is 2.17 bits per heavy atom. The highest BCUT2D eigenvalue weighted by Gasteiger charge is 2.32. The van der Waals surface area contributed by atoms with Crippen LogP contribution in [0.5, 0.6) is 0 Å². The van der Waals surface area contributed by atoms with Gasteiger partial charge in [-0.05, 0) is 26.7 Å². The molecule has 3 aromatic heterocycles. The summed E-state index contributed by atoms with van der Waals surface area (Å²) in [6.07, 6.45) is 7.62. The van der Waals surface area contributed by atoms with Crippen molar-refractivity contribution in [3.8, 4) is 11.3 Å². The minimum Gasteiger partial charge on any atom is -0.360 e. The van der Waals surface area contributed by atoms with E-state index in [1.165, 1.54) is 6.33 Å². The van der Waals surface area contributed by atoms with Gasteiger partial charge in [-0.25, -0.2) is 9.97 Å². The predicted molar refractivity (Wildman–Crippen MR) is 90.5 cm³/mol. The van der Waals surface area contributed by atoms with Crippen LogP contribution in [0.15, 0.2) is 23.6 Å². The second-order valence-electron chi connectivity index (χ2n) is 6.19. The van der Waals surface area contributed by atoms with E-state index in [0.29, 0.717) is 11.1 Å². The molecule has 0 saturated heterocycles. The molecule has 1 saturated carbocycles. The number of rotatable bonds is 4. The lowest BCUT2D eigenvalue weighted by Gasteiger charge is -2.07. The predicted octanol–water partition coefficient (Wildman–Crippen LogP) is 4.84. The van der Waals surface area contributed by atoms with E-state index in [2.05, 4.69) is 40.1 Å². The first-order valence-corrected chi connectivity index (χ1v) is 8.13. The van der Waals surface area contributed by atoms with Crippen molar-refractivity contribution >= 4 is 28.7 Å². The Labute approximate surface area is 139 Å². The number of halogens is 1. The maximum absolute atomic E-state index is 6.36. The van der Waals surface area contributed by atoms with Gasteiger partial charge in [-0.2, -0.15) is 0 Å². The molecule has 118 valence electrons. The first-order chi connectivity index (χ1) is 11.1. The quantitative estimate of drug-likeness (QED) is 0.643. The van der Waals surface area contributed by atoms with E-state index < -0.39 is 0 Å². The fourth-order valence-corrected chi connectivity index (χ4v) is 3.19. The number of aromatic nitrogens is 4. The number of nitrogens with zero attached hydrogens (tertiary/aromatic N) is 4. The first kappa shape index (κ1) is 14.5. The molecule has 0 unspecified atom stereocenters. The first-order valence-electron chi connectivity index (χ1n) is 7.75. The lowest BCUT2D eigenvalue weighted by atomic mass is 10.1. The van der Waals surface area contributed by atoms with Gasteiger partial charge in [-0.15, -0.1) is 0 Å². The van der Waals surface area contributed by atoms with Gasteiger partial charge in [-0.3, -0.25) is 0 Å². The molecule has 0 radical (unpaired) electrons. The monoisotopic (exact) mass is 328 g/mol. The van der Waals surface area contributed by atoms with Gasteiger partial charge >= 0.3 is 0 Å². The standard InChI is InChI=1S/C17H17ClN4O/c1-4-11-14(21-23-15(11)10-5-6-10)12-7-22(9(2)3)17-13(12)16(18)19-8-20-17/h4,7-10H,1,5-6H2,2-3H3. The molecule has 0 amide bonds. The summed E-state index contributed by atoms with van der Waals surface area (Å²) in [6, 6.07) is 0.249. The molecule has 23 heavy (non-hydrogen) atoms. The molecule has 1 aliphatic carbocycles. The van der Waals surface area contributed by atoms with Crippen molar-refractivity contribution < 1.29 is 4.52 Å². The summed E-state index contributed by atoms with van der Waals surface area (Å²) in [5.41, 5.74) is 3.42. The average molecular weight is 329 g/mol. The molecule has 0 N–H and O–H groups in total. The smallest absolute Gasteiger partial charge is 0.147 e. The normalized spacial score (nSPS) is 14.8. The van der Waals surface area contributed by atoms with Crippen molar-refractivity contribution in [2.75, 3.05) is 0 Å². The van der Waals surface area contributed by atoms with Crippen molar-refractivity contribution in [1.82, 2.24) is 19.7 Å². The average Bonchev–Trinajstić information content (AvgIpc) is 3.15. The van der Waals surface area contributed by atoms with Crippen LogP contribution < -0.4 is 0 Å². The fraction of sp³-hybridized carbons (Fsp3) is 0.353. The third-order valence-corrected chi connectivity index (χ3v) is 4.57. The third-order valence-electron chi connectivity index (χ3n) is 4.28. The zero-order chi connectivity index (χ0) is 16.1. The molecule has 0 aliphatic heterocycles. The SMILES string of the molecule is C=Cc1c(-c2cn(C(C)C)c3ncnc(Cl)c23)noc1C1CC1. The highest BCUT2D eigenvalue weighted by molar-refractivity contribution is 6.35. The summed E-state index contributed by atoms with van der Waals surface area (Å²) < 4.78 is 7.69. The Morgan fingerprint density at radius 1 is 1.39 bits per heavy atom. The van der Waals surface area contributed by atoms with Crippen LogP contribution in [-0.4, -0.2) is 19.7 Å². The highest BCUT2D eigenvalue weighted by Crippen LogP contribution is 2.45. The Hall–Kier alpha value is -2.14. The van der Waals surface area contributed by atoms with Gasteiger partial charge in [0, 0.05) is 29.3 Å². The van der Waals surface area contributed by atoms with Gasteiger partial charge in [0.1, 0.15) is 28.6 Å². The van der Waals surface area contributed by atoms with Gasteiger partial charge in [0.05, 0.1) is 5.39 Å². The van der Waals surface area contributed by atoms with E-state index in [1.807, 2.05) is 12.3 Å². The van der Waals surface area contributed by atoms with Crippen LogP contribution in [0.4, 0.5) is 0 Å². The summed E-state index contributed by atoms with van der Waals surface area (Å²) in [4.78, 5) is 8.54. The number of hydrogen-bond donors (Lipinski definition) is 0. The van der Waals surface area contributed by atoms with Crippen LogP contribution in [-0.2, 0) is 0 Å². The maximum atomic E-state index is 6.36. The molecule has 5 nitrogen and oxygen atoms in total. The molecule has 0 bridgehead atoms. The van der Waals surface area contributed by atoms with Gasteiger partial charge in [0.25, 0.3) is 0 Å². The van der Waals surface area contributed by atoms with Gasteiger partial charge in [0.2, 0.25) is 0 Å². The Balaban J connectivity index is 2.01. The van der Waals surface area contributed by atoms with E-state index >= 15 is 0 Å². The van der Waals surface area contributed by atoms with E-state index in [9.17, 15) is 0 Å². The molecule has 0 spiro atoms. The lowest BCUT2D eigenvalue weighted by Crippen LogP contribution is -1.99. The lowest BCUT2D eigenvalue weighted by molar-refractivity contribution is 0.386. The molecule has 6 heteroatoms. The van der Waals surface area contributed by atoms with E-state index in [1.54, 1.807) is 0 Å². The van der Waals surface area contributed by atoms with Crippen molar-refractivity contribution in [1.29, 1.82) is 0 Å². The molecule has 3 aromatic rings. The van der Waals surface area contributed by atoms with Crippen LogP contribution in [0.1, 0.15) is 50.0 Å². The molecule has 0 aromatic carbocycles. The van der Waals surface area contributed by atoms with E-state index in [0.717, 1.165) is 46.5 Å². The van der Waals surface area contributed by atoms with Gasteiger partial charge in [-0.1, -0.05) is 29.4 Å². The molecule has 4 rings (SSSR count). The molecule has 3 heterocycles. The van der Waals surface area contributed by atoms with Crippen LogP contribution in [0.2, 0.25) is 5.15 Å². The van der Waals surface area contributed by atoms with Crippen LogP contribution in [0, 0.1) is 0 Å². The molecule has 0 atom stereocenters. The Morgan fingerprint density at radius 3 is 2.83 bits per heavy atom. The third kappa shape index (κ3) is 2.18. The molecular weight excluding hydrogens is 312 g/mol. The van der Waals surface area contributed by atoms with Crippen molar-refractivity contribution in [3.05, 3.63) is 35.6 Å². The van der Waals surface area contributed by atoms with Crippen LogP contribution in [0.25, 0.3) is 28.4 Å². The van der Waals surface area contributed by atoms with Crippen molar-refractivity contribution in [3.63, 3.8) is 0 Å². The zero-order valence-electron chi connectivity index (χ0n) is 13.1. The van der Waals surface area contributed by atoms with Crippen LogP contribution >= 0.6 is 11.6 Å². The van der Waals surface area contributed by atoms with E-state index in [-0.39, 0.29) is 6.04 Å². The van der Waals surface area contributed by atoms with Gasteiger partial charge < -0.3 is 9.09 Å². The van der Waals surface area contributed by atoms with Crippen molar-refractivity contribution in [2.24, 2.45) is 0 Å². The van der Waals surface area contributed by atoms with Crippen molar-refractivity contribution in [2.45, 2.75) is 38.6 Å². The molecular formula is C17H17ClN4O. The fourth-order valence-electron chi connectivity index (χ4n) is 2.96. The highest BCUT2D eigenvalue weighted by atomic mass is 35.5. The molecule has 1 fully saturated rings. The maximum Gasteiger partial charge on any atom is 0.147 e. The second-order valence-corrected chi connectivity index (χ2v) is 6.55. The summed E-state index contributed by atoms with van der Waals surface area (Å²) in [6.45, 7) is 8.14. The van der Waals surface area contributed by atoms with Gasteiger partial charge in [0.15, 0.2) is 0 Å². The number of hydrogen-bond acceptors (Lipinski definition) is 4. The Kier molecular flexibility index (Phi) is 3.27. The topological polar surface area (TPSA) is 56.7 Å². The minimum absolute atomic E-state index is 0.249. The number of fused-ring (bicyclic) bond motifs is 1.